The average molecular weight is 521 g/mol. The summed E-state index contributed by atoms with van der Waals surface area (Å²) in [6.07, 6.45) is 9.91. The van der Waals surface area contributed by atoms with Gasteiger partial charge in [-0.3, -0.25) is 0 Å². The van der Waals surface area contributed by atoms with Gasteiger partial charge >= 0.3 is 0 Å². The molecular weight excluding hydrogens is 460 g/mol. The highest BCUT2D eigenvalue weighted by atomic mass is 16.2. The Morgan fingerprint density at radius 1 is 0.737 bits per heavy atom. The SMILES string of the molecule is CCCCc1cc(C(c2cc(CCCO)cc(C(C)(C)CC)c2CC)C(C)C)c(C)c(C(C)(CC)CC)c1. The van der Waals surface area contributed by atoms with E-state index >= 15 is 0 Å². The van der Waals surface area contributed by atoms with Gasteiger partial charge < -0.3 is 5.11 Å². The quantitative estimate of drug-likeness (QED) is 0.247. The van der Waals surface area contributed by atoms with Crippen molar-refractivity contribution in [3.05, 3.63) is 68.8 Å². The molecule has 0 aliphatic carbocycles. The number of aliphatic hydroxyl groups excluding tert-OH is 1. The molecule has 1 atom stereocenters. The van der Waals surface area contributed by atoms with Gasteiger partial charge in [-0.15, -0.1) is 0 Å². The predicted octanol–water partition coefficient (Wildman–Crippen LogP) is 10.4. The Morgan fingerprint density at radius 3 is 1.76 bits per heavy atom. The summed E-state index contributed by atoms with van der Waals surface area (Å²) in [5.41, 5.74) is 12.5. The van der Waals surface area contributed by atoms with Crippen molar-refractivity contribution in [2.45, 2.75) is 151 Å². The highest BCUT2D eigenvalue weighted by Gasteiger charge is 2.32. The van der Waals surface area contributed by atoms with Crippen LogP contribution < -0.4 is 0 Å². The summed E-state index contributed by atoms with van der Waals surface area (Å²) in [7, 11) is 0. The molecule has 0 spiro atoms. The molecule has 38 heavy (non-hydrogen) atoms. The molecular formula is C37H60O. The molecule has 0 aliphatic heterocycles. The van der Waals surface area contributed by atoms with Gasteiger partial charge in [0.15, 0.2) is 0 Å². The molecule has 0 saturated heterocycles. The van der Waals surface area contributed by atoms with E-state index in [0.717, 1.165) is 32.1 Å². The van der Waals surface area contributed by atoms with E-state index in [1.807, 2.05) is 0 Å². The zero-order chi connectivity index (χ0) is 28.7. The van der Waals surface area contributed by atoms with Crippen molar-refractivity contribution < 1.29 is 5.11 Å². The lowest BCUT2D eigenvalue weighted by Crippen LogP contribution is -2.24. The monoisotopic (exact) mass is 520 g/mol. The first-order valence-corrected chi connectivity index (χ1v) is 15.8. The van der Waals surface area contributed by atoms with Gasteiger partial charge in [0.1, 0.15) is 0 Å². The molecule has 0 amide bonds. The second-order valence-electron chi connectivity index (χ2n) is 13.1. The summed E-state index contributed by atoms with van der Waals surface area (Å²) < 4.78 is 0. The zero-order valence-corrected chi connectivity index (χ0v) is 27.0. The Bertz CT molecular complexity index is 1020. The molecule has 1 nitrogen and oxygen atoms in total. The van der Waals surface area contributed by atoms with Crippen LogP contribution in [0.2, 0.25) is 0 Å². The molecule has 2 rings (SSSR count). The number of aryl methyl sites for hydroxylation is 2. The van der Waals surface area contributed by atoms with Crippen LogP contribution >= 0.6 is 0 Å². The maximum Gasteiger partial charge on any atom is 0.0434 e. The molecule has 1 N–H and O–H groups in total. The standard InChI is InChI=1S/C37H60O/c1-12-17-19-28-22-31(27(8)33(24-28)37(11,15-4)16-5)35(26(6)7)32-23-29(20-18-21-38)25-34(30(32)13-2)36(9,10)14-3/h22-26,35,38H,12-21H2,1-11H3. The topological polar surface area (TPSA) is 20.2 Å². The largest absolute Gasteiger partial charge is 0.396 e. The zero-order valence-electron chi connectivity index (χ0n) is 27.0. The van der Waals surface area contributed by atoms with Gasteiger partial charge in [-0.25, -0.2) is 0 Å². The Labute approximate surface area is 236 Å². The number of benzene rings is 2. The van der Waals surface area contributed by atoms with Crippen molar-refractivity contribution in [3.63, 3.8) is 0 Å². The smallest absolute Gasteiger partial charge is 0.0434 e. The lowest BCUT2D eigenvalue weighted by Gasteiger charge is -2.36. The van der Waals surface area contributed by atoms with Crippen molar-refractivity contribution >= 4 is 0 Å². The van der Waals surface area contributed by atoms with Crippen molar-refractivity contribution in [1.29, 1.82) is 0 Å². The molecule has 2 aromatic carbocycles. The van der Waals surface area contributed by atoms with Crippen LogP contribution in [0.25, 0.3) is 0 Å². The van der Waals surface area contributed by atoms with Gasteiger partial charge in [-0.05, 0) is 120 Å². The highest BCUT2D eigenvalue weighted by molar-refractivity contribution is 5.52. The van der Waals surface area contributed by atoms with E-state index in [9.17, 15) is 5.11 Å². The summed E-state index contributed by atoms with van der Waals surface area (Å²) in [4.78, 5) is 0. The molecule has 1 unspecified atom stereocenters. The van der Waals surface area contributed by atoms with E-state index in [0.29, 0.717) is 11.8 Å². The Hall–Kier alpha value is -1.60. The van der Waals surface area contributed by atoms with Crippen molar-refractivity contribution in [2.75, 3.05) is 6.61 Å². The minimum atomic E-state index is 0.128. The van der Waals surface area contributed by atoms with E-state index in [-0.39, 0.29) is 17.4 Å². The van der Waals surface area contributed by atoms with Crippen LogP contribution in [0, 0.1) is 12.8 Å². The van der Waals surface area contributed by atoms with Crippen molar-refractivity contribution in [1.82, 2.24) is 0 Å². The normalized spacial score (nSPS) is 13.4. The highest BCUT2D eigenvalue weighted by Crippen LogP contribution is 2.44. The molecule has 214 valence electrons. The molecule has 0 heterocycles. The first-order valence-electron chi connectivity index (χ1n) is 15.8. The van der Waals surface area contributed by atoms with Crippen molar-refractivity contribution in [2.24, 2.45) is 5.92 Å². The maximum absolute atomic E-state index is 9.64. The van der Waals surface area contributed by atoms with Crippen molar-refractivity contribution in [3.8, 4) is 0 Å². The molecule has 0 saturated carbocycles. The minimum Gasteiger partial charge on any atom is -0.396 e. The maximum atomic E-state index is 9.64. The summed E-state index contributed by atoms with van der Waals surface area (Å²) in [6, 6.07) is 10.1. The first-order chi connectivity index (χ1) is 17.9. The van der Waals surface area contributed by atoms with Gasteiger partial charge in [0, 0.05) is 12.5 Å². The third kappa shape index (κ3) is 7.12. The lowest BCUT2D eigenvalue weighted by atomic mass is 9.69. The third-order valence-corrected chi connectivity index (χ3v) is 9.81. The Balaban J connectivity index is 2.97. The fraction of sp³-hybridized carbons (Fsp3) is 0.676. The van der Waals surface area contributed by atoms with Crippen LogP contribution in [-0.2, 0) is 30.1 Å². The Morgan fingerprint density at radius 2 is 1.29 bits per heavy atom. The number of rotatable bonds is 15. The lowest BCUT2D eigenvalue weighted by molar-refractivity contribution is 0.288. The van der Waals surface area contributed by atoms with Gasteiger partial charge in [-0.1, -0.05) is 99.9 Å². The van der Waals surface area contributed by atoms with Crippen LogP contribution in [0.4, 0.5) is 0 Å². The Kier molecular flexibility index (Phi) is 12.1. The van der Waals surface area contributed by atoms with Crippen LogP contribution in [0.1, 0.15) is 158 Å². The van der Waals surface area contributed by atoms with Crippen LogP contribution in [0.15, 0.2) is 24.3 Å². The number of aliphatic hydroxyl groups is 1. The second kappa shape index (κ2) is 14.2. The average Bonchev–Trinajstić information content (AvgIpc) is 2.91. The molecule has 0 bridgehead atoms. The number of hydrogen-bond donors (Lipinski definition) is 1. The van der Waals surface area contributed by atoms with Crippen LogP contribution in [0.5, 0.6) is 0 Å². The second-order valence-corrected chi connectivity index (χ2v) is 13.1. The molecule has 0 aromatic heterocycles. The molecule has 0 aliphatic rings. The first kappa shape index (κ1) is 32.6. The van der Waals surface area contributed by atoms with Crippen LogP contribution in [-0.4, -0.2) is 11.7 Å². The fourth-order valence-electron chi connectivity index (χ4n) is 6.44. The molecule has 0 radical (unpaired) electrons. The van der Waals surface area contributed by atoms with Crippen LogP contribution in [0.3, 0.4) is 0 Å². The molecule has 0 fully saturated rings. The third-order valence-electron chi connectivity index (χ3n) is 9.81. The van der Waals surface area contributed by atoms with Gasteiger partial charge in [0.25, 0.3) is 0 Å². The molecule has 2 aromatic rings. The van der Waals surface area contributed by atoms with E-state index in [1.165, 1.54) is 53.5 Å². The number of hydrogen-bond acceptors (Lipinski definition) is 1. The van der Waals surface area contributed by atoms with E-state index in [1.54, 1.807) is 16.7 Å². The summed E-state index contributed by atoms with van der Waals surface area (Å²) in [5.74, 6) is 0.859. The van der Waals surface area contributed by atoms with E-state index < -0.39 is 0 Å². The molecule has 1 heteroatoms. The fourth-order valence-corrected chi connectivity index (χ4v) is 6.44. The van der Waals surface area contributed by atoms with Gasteiger partial charge in [0.05, 0.1) is 0 Å². The summed E-state index contributed by atoms with van der Waals surface area (Å²) in [6.45, 7) is 26.5. The van der Waals surface area contributed by atoms with Gasteiger partial charge in [0.2, 0.25) is 0 Å². The summed E-state index contributed by atoms with van der Waals surface area (Å²) in [5, 5.41) is 9.64. The predicted molar refractivity (Wildman–Crippen MR) is 169 cm³/mol. The number of unbranched alkanes of at least 4 members (excludes halogenated alkanes) is 1. The van der Waals surface area contributed by atoms with Gasteiger partial charge in [-0.2, -0.15) is 0 Å². The summed E-state index contributed by atoms with van der Waals surface area (Å²) >= 11 is 0. The van der Waals surface area contributed by atoms with E-state index in [2.05, 4.69) is 100 Å². The van der Waals surface area contributed by atoms with E-state index in [4.69, 9.17) is 0 Å². The minimum absolute atomic E-state index is 0.128.